The van der Waals surface area contributed by atoms with Crippen LogP contribution in [0.5, 0.6) is 5.75 Å². The Morgan fingerprint density at radius 3 is 2.41 bits per heavy atom. The fraction of sp³-hybridized carbons (Fsp3) is 0.417. The van der Waals surface area contributed by atoms with Gasteiger partial charge in [-0.2, -0.15) is 0 Å². The molecule has 0 heterocycles. The van der Waals surface area contributed by atoms with Crippen molar-refractivity contribution in [3.8, 4) is 5.75 Å². The first-order valence-corrected chi connectivity index (χ1v) is 10.3. The van der Waals surface area contributed by atoms with Crippen molar-refractivity contribution in [2.45, 2.75) is 46.1 Å². The van der Waals surface area contributed by atoms with Crippen molar-refractivity contribution in [1.82, 2.24) is 10.2 Å². The van der Waals surface area contributed by atoms with Crippen molar-refractivity contribution in [2.75, 3.05) is 19.7 Å². The fourth-order valence-corrected chi connectivity index (χ4v) is 3.08. The standard InChI is InChI=1S/C24H32N2O3/c1-4-25-24(28)20(3)26(17-16-21-9-6-5-7-10-21)23(27)11-8-18-29-22-14-12-19(2)13-15-22/h5-7,9-10,12-15,20H,4,8,11,16-18H2,1-3H3,(H,25,28). The lowest BCUT2D eigenvalue weighted by atomic mass is 10.1. The van der Waals surface area contributed by atoms with E-state index in [-0.39, 0.29) is 11.8 Å². The number of carbonyl (C=O) groups excluding carboxylic acids is 2. The molecule has 2 amide bonds. The molecule has 0 aliphatic rings. The van der Waals surface area contributed by atoms with E-state index in [1.807, 2.05) is 68.4 Å². The topological polar surface area (TPSA) is 58.6 Å². The summed E-state index contributed by atoms with van der Waals surface area (Å²) in [6.45, 7) is 7.23. The van der Waals surface area contributed by atoms with E-state index in [9.17, 15) is 9.59 Å². The van der Waals surface area contributed by atoms with Crippen molar-refractivity contribution in [1.29, 1.82) is 0 Å². The average molecular weight is 397 g/mol. The van der Waals surface area contributed by atoms with E-state index in [1.54, 1.807) is 11.8 Å². The Morgan fingerprint density at radius 1 is 1.07 bits per heavy atom. The number of amides is 2. The minimum Gasteiger partial charge on any atom is -0.494 e. The van der Waals surface area contributed by atoms with Gasteiger partial charge in [-0.25, -0.2) is 0 Å². The van der Waals surface area contributed by atoms with Gasteiger partial charge in [-0.3, -0.25) is 9.59 Å². The Bertz CT molecular complexity index is 759. The van der Waals surface area contributed by atoms with Gasteiger partial charge in [0, 0.05) is 19.5 Å². The molecule has 1 atom stereocenters. The molecular formula is C24H32N2O3. The number of likely N-dealkylation sites (N-methyl/N-ethyl adjacent to an activating group) is 1. The lowest BCUT2D eigenvalue weighted by molar-refractivity contribution is -0.140. The van der Waals surface area contributed by atoms with Crippen LogP contribution in [0.3, 0.4) is 0 Å². The van der Waals surface area contributed by atoms with Crippen LogP contribution in [0.2, 0.25) is 0 Å². The zero-order valence-corrected chi connectivity index (χ0v) is 17.7. The minimum atomic E-state index is -0.496. The molecule has 0 saturated carbocycles. The third-order valence-electron chi connectivity index (χ3n) is 4.83. The molecular weight excluding hydrogens is 364 g/mol. The van der Waals surface area contributed by atoms with Crippen molar-refractivity contribution in [2.24, 2.45) is 0 Å². The van der Waals surface area contributed by atoms with Crippen molar-refractivity contribution < 1.29 is 14.3 Å². The first-order chi connectivity index (χ1) is 14.0. The van der Waals surface area contributed by atoms with Crippen LogP contribution in [-0.2, 0) is 16.0 Å². The molecule has 0 aliphatic carbocycles. The van der Waals surface area contributed by atoms with E-state index in [1.165, 1.54) is 5.56 Å². The Balaban J connectivity index is 1.90. The number of benzene rings is 2. The van der Waals surface area contributed by atoms with Gasteiger partial charge in [0.05, 0.1) is 6.61 Å². The summed E-state index contributed by atoms with van der Waals surface area (Å²) in [6.07, 6.45) is 1.68. The van der Waals surface area contributed by atoms with E-state index < -0.39 is 6.04 Å². The Labute approximate surface area is 174 Å². The van der Waals surface area contributed by atoms with E-state index in [0.29, 0.717) is 32.5 Å². The van der Waals surface area contributed by atoms with Crippen LogP contribution in [0, 0.1) is 6.92 Å². The molecule has 5 heteroatoms. The van der Waals surface area contributed by atoms with Crippen LogP contribution in [0.1, 0.15) is 37.8 Å². The third-order valence-corrected chi connectivity index (χ3v) is 4.83. The zero-order valence-electron chi connectivity index (χ0n) is 17.7. The summed E-state index contributed by atoms with van der Waals surface area (Å²) in [4.78, 5) is 26.9. The smallest absolute Gasteiger partial charge is 0.242 e. The van der Waals surface area contributed by atoms with Crippen LogP contribution in [-0.4, -0.2) is 42.5 Å². The molecule has 29 heavy (non-hydrogen) atoms. The van der Waals surface area contributed by atoms with Crippen molar-refractivity contribution in [3.05, 3.63) is 65.7 Å². The summed E-state index contributed by atoms with van der Waals surface area (Å²) in [5, 5.41) is 2.81. The Kier molecular flexibility index (Phi) is 9.22. The largest absolute Gasteiger partial charge is 0.494 e. The van der Waals surface area contributed by atoms with E-state index in [2.05, 4.69) is 5.32 Å². The van der Waals surface area contributed by atoms with Gasteiger partial charge in [-0.15, -0.1) is 0 Å². The molecule has 2 aromatic rings. The molecule has 156 valence electrons. The fourth-order valence-electron chi connectivity index (χ4n) is 3.08. The van der Waals surface area contributed by atoms with E-state index >= 15 is 0 Å². The molecule has 2 aromatic carbocycles. The second kappa shape index (κ2) is 11.9. The number of hydrogen-bond acceptors (Lipinski definition) is 3. The maximum absolute atomic E-state index is 12.9. The second-order valence-electron chi connectivity index (χ2n) is 7.16. The van der Waals surface area contributed by atoms with Gasteiger partial charge in [0.25, 0.3) is 0 Å². The highest BCUT2D eigenvalue weighted by Gasteiger charge is 2.24. The number of nitrogens with one attached hydrogen (secondary N) is 1. The van der Waals surface area contributed by atoms with Crippen LogP contribution in [0.15, 0.2) is 54.6 Å². The first kappa shape index (κ1) is 22.5. The Morgan fingerprint density at radius 2 is 1.76 bits per heavy atom. The summed E-state index contributed by atoms with van der Waals surface area (Å²) < 4.78 is 5.72. The number of aryl methyl sites for hydroxylation is 1. The molecule has 0 fully saturated rings. The summed E-state index contributed by atoms with van der Waals surface area (Å²) in [7, 11) is 0. The first-order valence-electron chi connectivity index (χ1n) is 10.3. The average Bonchev–Trinajstić information content (AvgIpc) is 2.73. The molecule has 0 bridgehead atoms. The molecule has 5 nitrogen and oxygen atoms in total. The highest BCUT2D eigenvalue weighted by molar-refractivity contribution is 5.87. The quantitative estimate of drug-likeness (QED) is 0.589. The third kappa shape index (κ3) is 7.60. The van der Waals surface area contributed by atoms with Crippen LogP contribution in [0.4, 0.5) is 0 Å². The molecule has 2 rings (SSSR count). The van der Waals surface area contributed by atoms with Gasteiger partial charge >= 0.3 is 0 Å². The number of hydrogen-bond donors (Lipinski definition) is 1. The Hall–Kier alpha value is -2.82. The second-order valence-corrected chi connectivity index (χ2v) is 7.16. The molecule has 0 saturated heterocycles. The van der Waals surface area contributed by atoms with Gasteiger partial charge in [-0.1, -0.05) is 48.0 Å². The van der Waals surface area contributed by atoms with Crippen LogP contribution < -0.4 is 10.1 Å². The number of carbonyl (C=O) groups is 2. The maximum atomic E-state index is 12.9. The molecule has 0 aromatic heterocycles. The molecule has 0 radical (unpaired) electrons. The number of ether oxygens (including phenoxy) is 1. The van der Waals surface area contributed by atoms with E-state index in [4.69, 9.17) is 4.74 Å². The number of rotatable bonds is 11. The summed E-state index contributed by atoms with van der Waals surface area (Å²) in [5.74, 6) is 0.664. The van der Waals surface area contributed by atoms with Gasteiger partial charge in [0.15, 0.2) is 0 Å². The minimum absolute atomic E-state index is 0.0211. The molecule has 1 N–H and O–H groups in total. The van der Waals surface area contributed by atoms with Gasteiger partial charge in [-0.05, 0) is 51.3 Å². The highest BCUT2D eigenvalue weighted by atomic mass is 16.5. The van der Waals surface area contributed by atoms with Gasteiger partial charge in [0.1, 0.15) is 11.8 Å². The summed E-state index contributed by atoms with van der Waals surface area (Å²) in [6, 6.07) is 17.4. The van der Waals surface area contributed by atoms with Gasteiger partial charge < -0.3 is 15.0 Å². The van der Waals surface area contributed by atoms with Crippen molar-refractivity contribution >= 4 is 11.8 Å². The monoisotopic (exact) mass is 396 g/mol. The van der Waals surface area contributed by atoms with Crippen molar-refractivity contribution in [3.63, 3.8) is 0 Å². The normalized spacial score (nSPS) is 11.6. The zero-order chi connectivity index (χ0) is 21.1. The lowest BCUT2D eigenvalue weighted by Crippen LogP contribution is -2.48. The van der Waals surface area contributed by atoms with Gasteiger partial charge in [0.2, 0.25) is 11.8 Å². The molecule has 0 aliphatic heterocycles. The number of nitrogens with zero attached hydrogens (tertiary/aromatic N) is 1. The lowest BCUT2D eigenvalue weighted by Gasteiger charge is -2.28. The maximum Gasteiger partial charge on any atom is 0.242 e. The SMILES string of the molecule is CCNC(=O)C(C)N(CCc1ccccc1)C(=O)CCCOc1ccc(C)cc1. The van der Waals surface area contributed by atoms with Crippen LogP contribution >= 0.6 is 0 Å². The van der Waals surface area contributed by atoms with E-state index in [0.717, 1.165) is 17.7 Å². The predicted molar refractivity (Wildman–Crippen MR) is 116 cm³/mol. The van der Waals surface area contributed by atoms with Crippen LogP contribution in [0.25, 0.3) is 0 Å². The molecule has 0 spiro atoms. The predicted octanol–water partition coefficient (Wildman–Crippen LogP) is 3.75. The highest BCUT2D eigenvalue weighted by Crippen LogP contribution is 2.13. The summed E-state index contributed by atoms with van der Waals surface area (Å²) in [5.41, 5.74) is 2.33. The molecule has 1 unspecified atom stereocenters. The summed E-state index contributed by atoms with van der Waals surface area (Å²) >= 11 is 0.